The van der Waals surface area contributed by atoms with Gasteiger partial charge in [0.2, 0.25) is 0 Å². The number of para-hydroxylation sites is 1. The predicted octanol–water partition coefficient (Wildman–Crippen LogP) is 4.49. The Morgan fingerprint density at radius 3 is 2.52 bits per heavy atom. The average Bonchev–Trinajstić information content (AvgIpc) is 2.80. The maximum Gasteiger partial charge on any atom is 0.0891 e. The summed E-state index contributed by atoms with van der Waals surface area (Å²) in [6.07, 6.45) is -0.451. The van der Waals surface area contributed by atoms with Crippen LogP contribution in [0.25, 0.3) is 10.9 Å². The summed E-state index contributed by atoms with van der Waals surface area (Å²) in [4.78, 5) is 0. The number of nitrogens with one attached hydrogen (secondary N) is 1. The molecule has 0 saturated carbocycles. The molecule has 1 aromatic heterocycles. The van der Waals surface area contributed by atoms with Crippen LogP contribution < -0.4 is 5.32 Å². The summed E-state index contributed by atoms with van der Waals surface area (Å²) in [5.74, 6) is 0. The first kappa shape index (κ1) is 16.1. The van der Waals surface area contributed by atoms with Crippen molar-refractivity contribution in [3.63, 3.8) is 0 Å². The van der Waals surface area contributed by atoms with Crippen LogP contribution in [-0.4, -0.2) is 22.3 Å². The summed E-state index contributed by atoms with van der Waals surface area (Å²) in [5, 5.41) is 15.0. The molecule has 0 spiro atoms. The van der Waals surface area contributed by atoms with Crippen LogP contribution in [-0.2, 0) is 6.54 Å². The van der Waals surface area contributed by atoms with E-state index in [1.54, 1.807) is 0 Å². The van der Waals surface area contributed by atoms with Gasteiger partial charge in [-0.05, 0) is 49.7 Å². The maximum absolute atomic E-state index is 10.4. The zero-order chi connectivity index (χ0) is 16.4. The van der Waals surface area contributed by atoms with Gasteiger partial charge >= 0.3 is 0 Å². The third-order valence-corrected chi connectivity index (χ3v) is 4.85. The molecule has 2 aromatic carbocycles. The van der Waals surface area contributed by atoms with E-state index in [1.807, 2.05) is 30.3 Å². The van der Waals surface area contributed by atoms with Crippen LogP contribution in [0.2, 0.25) is 0 Å². The summed E-state index contributed by atoms with van der Waals surface area (Å²) in [6, 6.07) is 16.3. The molecule has 1 heterocycles. The van der Waals surface area contributed by atoms with E-state index in [2.05, 4.69) is 57.9 Å². The van der Waals surface area contributed by atoms with Crippen LogP contribution in [0.4, 0.5) is 5.69 Å². The number of nitrogens with zero attached hydrogens (tertiary/aromatic N) is 1. The Kier molecular flexibility index (Phi) is 4.74. The molecule has 3 aromatic rings. The number of aliphatic hydroxyl groups excluding tert-OH is 1. The number of aliphatic hydroxyl groups is 1. The molecule has 0 aliphatic heterocycles. The Labute approximate surface area is 145 Å². The number of halogens is 1. The first-order valence-electron chi connectivity index (χ1n) is 7.78. The smallest absolute Gasteiger partial charge is 0.0891 e. The lowest BCUT2D eigenvalue weighted by Gasteiger charge is -2.16. The Morgan fingerprint density at radius 2 is 1.78 bits per heavy atom. The molecule has 0 saturated heterocycles. The van der Waals surface area contributed by atoms with Crippen LogP contribution in [0.15, 0.2) is 53.0 Å². The summed E-state index contributed by atoms with van der Waals surface area (Å²) in [5.41, 5.74) is 4.70. The molecule has 0 aliphatic rings. The van der Waals surface area contributed by atoms with E-state index >= 15 is 0 Å². The first-order valence-corrected chi connectivity index (χ1v) is 8.57. The lowest BCUT2D eigenvalue weighted by molar-refractivity contribution is 0.167. The average molecular weight is 373 g/mol. The fourth-order valence-electron chi connectivity index (χ4n) is 2.92. The summed E-state index contributed by atoms with van der Waals surface area (Å²) < 4.78 is 3.26. The van der Waals surface area contributed by atoms with E-state index in [9.17, 15) is 5.11 Å². The second kappa shape index (κ2) is 6.77. The summed E-state index contributed by atoms with van der Waals surface area (Å²) in [7, 11) is 0. The molecule has 0 fully saturated rings. The topological polar surface area (TPSA) is 37.2 Å². The van der Waals surface area contributed by atoms with Gasteiger partial charge in [0.05, 0.1) is 12.6 Å². The number of hydrogen-bond acceptors (Lipinski definition) is 2. The minimum atomic E-state index is -0.451. The SMILES string of the molecule is Cc1c(C)n(C[C@@H](O)CNc2ccc(Br)cc2)c2ccccc12. The predicted molar refractivity (Wildman–Crippen MR) is 100 cm³/mol. The molecule has 2 N–H and O–H groups in total. The van der Waals surface area contributed by atoms with Crippen LogP contribution in [0.3, 0.4) is 0 Å². The van der Waals surface area contributed by atoms with Gasteiger partial charge in [-0.15, -0.1) is 0 Å². The van der Waals surface area contributed by atoms with Gasteiger partial charge in [-0.2, -0.15) is 0 Å². The van der Waals surface area contributed by atoms with Gasteiger partial charge in [-0.3, -0.25) is 0 Å². The molecule has 4 heteroatoms. The molecular weight excluding hydrogens is 352 g/mol. The van der Waals surface area contributed by atoms with Crippen molar-refractivity contribution in [2.24, 2.45) is 0 Å². The minimum Gasteiger partial charge on any atom is -0.389 e. The molecule has 120 valence electrons. The number of aryl methyl sites for hydroxylation is 1. The summed E-state index contributed by atoms with van der Waals surface area (Å²) >= 11 is 3.42. The van der Waals surface area contributed by atoms with E-state index in [-0.39, 0.29) is 0 Å². The van der Waals surface area contributed by atoms with Crippen molar-refractivity contribution < 1.29 is 5.11 Å². The molecule has 1 atom stereocenters. The van der Waals surface area contributed by atoms with Gasteiger partial charge in [-0.1, -0.05) is 34.1 Å². The second-order valence-electron chi connectivity index (χ2n) is 5.88. The van der Waals surface area contributed by atoms with Crippen molar-refractivity contribution in [1.82, 2.24) is 4.57 Å². The fourth-order valence-corrected chi connectivity index (χ4v) is 3.18. The molecule has 0 unspecified atom stereocenters. The van der Waals surface area contributed by atoms with Crippen molar-refractivity contribution in [2.45, 2.75) is 26.5 Å². The minimum absolute atomic E-state index is 0.451. The first-order chi connectivity index (χ1) is 11.1. The fraction of sp³-hybridized carbons (Fsp3) is 0.263. The zero-order valence-electron chi connectivity index (χ0n) is 13.4. The molecule has 0 aliphatic carbocycles. The third kappa shape index (κ3) is 3.43. The highest BCUT2D eigenvalue weighted by Crippen LogP contribution is 2.25. The Bertz CT molecular complexity index is 808. The van der Waals surface area contributed by atoms with E-state index in [0.29, 0.717) is 13.1 Å². The number of benzene rings is 2. The van der Waals surface area contributed by atoms with Gasteiger partial charge in [0, 0.05) is 33.3 Å². The monoisotopic (exact) mass is 372 g/mol. The number of hydrogen-bond donors (Lipinski definition) is 2. The van der Waals surface area contributed by atoms with Gasteiger partial charge in [0.15, 0.2) is 0 Å². The van der Waals surface area contributed by atoms with Crippen LogP contribution >= 0.6 is 15.9 Å². The highest BCUT2D eigenvalue weighted by atomic mass is 79.9. The van der Waals surface area contributed by atoms with Crippen molar-refractivity contribution in [2.75, 3.05) is 11.9 Å². The highest BCUT2D eigenvalue weighted by Gasteiger charge is 2.13. The van der Waals surface area contributed by atoms with Crippen molar-refractivity contribution in [3.05, 3.63) is 64.3 Å². The standard InChI is InChI=1S/C19H21BrN2O/c1-13-14(2)22(19-6-4-3-5-18(13)19)12-17(23)11-21-16-9-7-15(20)8-10-16/h3-10,17,21,23H,11-12H2,1-2H3/t17-/m0/s1. The Morgan fingerprint density at radius 1 is 1.09 bits per heavy atom. The van der Waals surface area contributed by atoms with Gasteiger partial charge < -0.3 is 15.0 Å². The number of anilines is 1. The van der Waals surface area contributed by atoms with Crippen LogP contribution in [0, 0.1) is 13.8 Å². The Balaban J connectivity index is 1.72. The van der Waals surface area contributed by atoms with Crippen molar-refractivity contribution in [1.29, 1.82) is 0 Å². The van der Waals surface area contributed by atoms with E-state index < -0.39 is 6.10 Å². The quantitative estimate of drug-likeness (QED) is 0.691. The highest BCUT2D eigenvalue weighted by molar-refractivity contribution is 9.10. The van der Waals surface area contributed by atoms with Gasteiger partial charge in [-0.25, -0.2) is 0 Å². The lowest BCUT2D eigenvalue weighted by Crippen LogP contribution is -2.25. The molecule has 23 heavy (non-hydrogen) atoms. The third-order valence-electron chi connectivity index (χ3n) is 4.33. The molecular formula is C19H21BrN2O. The Hall–Kier alpha value is -1.78. The maximum atomic E-state index is 10.4. The van der Waals surface area contributed by atoms with Gasteiger partial charge in [0.25, 0.3) is 0 Å². The van der Waals surface area contributed by atoms with Crippen LogP contribution in [0.5, 0.6) is 0 Å². The number of rotatable bonds is 5. The molecule has 0 amide bonds. The van der Waals surface area contributed by atoms with Crippen molar-refractivity contribution >= 4 is 32.5 Å². The van der Waals surface area contributed by atoms with E-state index in [1.165, 1.54) is 22.2 Å². The van der Waals surface area contributed by atoms with E-state index in [4.69, 9.17) is 0 Å². The zero-order valence-corrected chi connectivity index (χ0v) is 15.0. The molecule has 3 rings (SSSR count). The number of fused-ring (bicyclic) bond motifs is 1. The molecule has 0 radical (unpaired) electrons. The number of aromatic nitrogens is 1. The van der Waals surface area contributed by atoms with Gasteiger partial charge in [0.1, 0.15) is 0 Å². The largest absolute Gasteiger partial charge is 0.389 e. The molecule has 0 bridgehead atoms. The normalized spacial score (nSPS) is 12.5. The lowest BCUT2D eigenvalue weighted by atomic mass is 10.2. The summed E-state index contributed by atoms with van der Waals surface area (Å²) in [6.45, 7) is 5.36. The van der Waals surface area contributed by atoms with Crippen LogP contribution in [0.1, 0.15) is 11.3 Å². The molecule has 3 nitrogen and oxygen atoms in total. The van der Waals surface area contributed by atoms with Crippen molar-refractivity contribution in [3.8, 4) is 0 Å². The van der Waals surface area contributed by atoms with E-state index in [0.717, 1.165) is 10.2 Å². The second-order valence-corrected chi connectivity index (χ2v) is 6.80.